The molecule has 6 nitrogen and oxygen atoms in total. The van der Waals surface area contributed by atoms with Gasteiger partial charge in [0.1, 0.15) is 0 Å². The summed E-state index contributed by atoms with van der Waals surface area (Å²) in [6.45, 7) is 6.37. The van der Waals surface area contributed by atoms with Crippen molar-refractivity contribution in [3.05, 3.63) is 28.7 Å². The predicted octanol–water partition coefficient (Wildman–Crippen LogP) is 3.57. The molecule has 1 saturated carbocycles. The summed E-state index contributed by atoms with van der Waals surface area (Å²) in [5.74, 6) is -0.642. The number of carbonyl (C=O) groups excluding carboxylic acids is 2. The molecule has 1 aromatic carbocycles. The van der Waals surface area contributed by atoms with E-state index in [0.717, 1.165) is 41.6 Å². The second-order valence-corrected chi connectivity index (χ2v) is 10.2. The first-order chi connectivity index (χ1) is 13.2. The van der Waals surface area contributed by atoms with Crippen molar-refractivity contribution in [1.82, 2.24) is 9.91 Å². The van der Waals surface area contributed by atoms with Crippen molar-refractivity contribution in [2.45, 2.75) is 57.5 Å². The zero-order chi connectivity index (χ0) is 19.8. The van der Waals surface area contributed by atoms with Gasteiger partial charge in [-0.2, -0.15) is 15.2 Å². The summed E-state index contributed by atoms with van der Waals surface area (Å²) in [4.78, 5) is 28.3. The second kappa shape index (κ2) is 5.89. The Balaban J connectivity index is 1.60. The van der Waals surface area contributed by atoms with E-state index < -0.39 is 11.1 Å². The molecule has 0 N–H and O–H groups in total. The number of likely N-dealkylation sites (tertiary alicyclic amines) is 1. The molecule has 2 amide bonds. The van der Waals surface area contributed by atoms with Crippen molar-refractivity contribution in [3.63, 3.8) is 0 Å². The van der Waals surface area contributed by atoms with Crippen molar-refractivity contribution in [2.75, 3.05) is 11.7 Å². The molecule has 28 heavy (non-hydrogen) atoms. The summed E-state index contributed by atoms with van der Waals surface area (Å²) in [6, 6.07) is 8.05. The van der Waals surface area contributed by atoms with Gasteiger partial charge in [-0.3, -0.25) is 14.5 Å². The molecule has 0 radical (unpaired) electrons. The van der Waals surface area contributed by atoms with E-state index in [9.17, 15) is 9.59 Å². The summed E-state index contributed by atoms with van der Waals surface area (Å²) in [7, 11) is 0. The van der Waals surface area contributed by atoms with Crippen molar-refractivity contribution >= 4 is 39.1 Å². The monoisotopic (exact) mass is 444 g/mol. The highest BCUT2D eigenvalue weighted by atomic mass is 79.9. The lowest BCUT2D eigenvalue weighted by Gasteiger charge is -2.42. The maximum atomic E-state index is 13.5. The highest BCUT2D eigenvalue weighted by Gasteiger charge is 2.71. The lowest BCUT2D eigenvalue weighted by Crippen LogP contribution is -2.58. The van der Waals surface area contributed by atoms with Crippen molar-refractivity contribution in [1.29, 1.82) is 0 Å². The molecule has 3 aliphatic heterocycles. The number of amides is 2. The number of hydrazine groups is 1. The molecule has 0 unspecified atom stereocenters. The van der Waals surface area contributed by atoms with Crippen molar-refractivity contribution in [3.8, 4) is 0 Å². The normalized spacial score (nSPS) is 32.5. The van der Waals surface area contributed by atoms with E-state index in [0.29, 0.717) is 6.54 Å². The average Bonchev–Trinajstić information content (AvgIpc) is 3.20. The molecule has 3 fully saturated rings. The van der Waals surface area contributed by atoms with Crippen molar-refractivity contribution < 1.29 is 9.59 Å². The number of hydrogen-bond donors (Lipinski definition) is 0. The zero-order valence-electron chi connectivity index (χ0n) is 16.5. The van der Waals surface area contributed by atoms with Gasteiger partial charge in [0.15, 0.2) is 0 Å². The fraction of sp³-hybridized carbons (Fsp3) is 0.571. The van der Waals surface area contributed by atoms with E-state index in [1.54, 1.807) is 0 Å². The Hall–Kier alpha value is -1.73. The largest absolute Gasteiger partial charge is 0.277 e. The lowest BCUT2D eigenvalue weighted by atomic mass is 9.70. The molecule has 4 aliphatic rings. The number of hydrogen-bond acceptors (Lipinski definition) is 5. The number of imide groups is 1. The lowest BCUT2D eigenvalue weighted by molar-refractivity contribution is -0.147. The van der Waals surface area contributed by atoms with Crippen LogP contribution in [0.1, 0.15) is 46.5 Å². The first-order valence-electron chi connectivity index (χ1n) is 10.0. The molecule has 1 aromatic rings. The topological polar surface area (TPSA) is 56.2 Å². The molecule has 1 spiro atoms. The molecule has 0 aromatic heterocycles. The number of nitrogens with zero attached hydrogens (tertiary/aromatic N) is 4. The van der Waals surface area contributed by atoms with Crippen LogP contribution in [0.15, 0.2) is 33.8 Å². The van der Waals surface area contributed by atoms with E-state index >= 15 is 0 Å². The van der Waals surface area contributed by atoms with Crippen LogP contribution >= 0.6 is 15.9 Å². The minimum Gasteiger partial charge on any atom is -0.277 e. The number of carbonyl (C=O) groups is 2. The van der Waals surface area contributed by atoms with Gasteiger partial charge in [-0.25, -0.2) is 0 Å². The van der Waals surface area contributed by atoms with Crippen LogP contribution in [0, 0.1) is 11.8 Å². The first-order valence-corrected chi connectivity index (χ1v) is 10.8. The Kier molecular flexibility index (Phi) is 3.85. The third-order valence-electron chi connectivity index (χ3n) is 6.66. The quantitative estimate of drug-likeness (QED) is 0.621. The Morgan fingerprint density at radius 2 is 1.82 bits per heavy atom. The van der Waals surface area contributed by atoms with Crippen molar-refractivity contribution in [2.24, 2.45) is 16.9 Å². The van der Waals surface area contributed by atoms with Gasteiger partial charge in [-0.1, -0.05) is 22.4 Å². The number of rotatable bonds is 1. The first kappa shape index (κ1) is 18.3. The molecule has 3 heterocycles. The highest BCUT2D eigenvalue weighted by molar-refractivity contribution is 9.10. The van der Waals surface area contributed by atoms with Gasteiger partial charge in [0.25, 0.3) is 0 Å². The van der Waals surface area contributed by atoms with Crippen LogP contribution < -0.4 is 5.12 Å². The number of anilines is 1. The summed E-state index contributed by atoms with van der Waals surface area (Å²) < 4.78 is 1.01. The Bertz CT molecular complexity index is 891. The van der Waals surface area contributed by atoms with Gasteiger partial charge in [0.05, 0.1) is 28.8 Å². The summed E-state index contributed by atoms with van der Waals surface area (Å²) in [5, 5.41) is 9.14. The van der Waals surface area contributed by atoms with E-state index in [4.69, 9.17) is 5.10 Å². The van der Waals surface area contributed by atoms with Gasteiger partial charge in [0, 0.05) is 16.6 Å². The zero-order valence-corrected chi connectivity index (χ0v) is 18.1. The van der Waals surface area contributed by atoms with Crippen LogP contribution in [0.3, 0.4) is 0 Å². The molecule has 148 valence electrons. The number of fused-ring (bicyclic) bond motifs is 1. The number of benzene rings is 1. The van der Waals surface area contributed by atoms with Gasteiger partial charge >= 0.3 is 0 Å². The van der Waals surface area contributed by atoms with Crippen LogP contribution in [0.2, 0.25) is 0 Å². The van der Waals surface area contributed by atoms with Crippen LogP contribution in [-0.4, -0.2) is 45.1 Å². The molecule has 2 saturated heterocycles. The summed E-state index contributed by atoms with van der Waals surface area (Å²) in [5.41, 5.74) is 1.11. The minimum absolute atomic E-state index is 0.0164. The third-order valence-corrected chi connectivity index (χ3v) is 7.19. The molecular weight excluding hydrogens is 420 g/mol. The van der Waals surface area contributed by atoms with Gasteiger partial charge in [-0.05, 0) is 64.3 Å². The molecule has 0 bridgehead atoms. The Labute approximate surface area is 173 Å². The van der Waals surface area contributed by atoms with E-state index in [1.165, 1.54) is 4.90 Å². The minimum atomic E-state index is -0.490. The number of halogens is 1. The fourth-order valence-electron chi connectivity index (χ4n) is 5.60. The Morgan fingerprint density at radius 1 is 1.11 bits per heavy atom. The average molecular weight is 445 g/mol. The van der Waals surface area contributed by atoms with E-state index in [-0.39, 0.29) is 23.7 Å². The Morgan fingerprint density at radius 3 is 2.50 bits per heavy atom. The molecule has 1 aliphatic carbocycles. The molecule has 7 heteroatoms. The third kappa shape index (κ3) is 2.26. The standard InChI is InChI=1S/C21H25BrN4O2/c1-20(2,3)25-18(27)15-12-24-21(17(15)19(25)28)11-5-4-6-16(21)23-26(24)14-9-7-13(22)8-10-14/h7-10,15,17H,4-6,11-12H2,1-3H3/t15-,17+,21+/m1/s1. The summed E-state index contributed by atoms with van der Waals surface area (Å²) in [6.07, 6.45) is 3.93. The maximum absolute atomic E-state index is 13.5. The SMILES string of the molecule is CC(C)(C)N1C(=O)[C@@H]2[C@@H](CN3N(c4ccc(Br)cc4)N=C4CCCC[C@]423)C1=O. The fourth-order valence-corrected chi connectivity index (χ4v) is 5.87. The van der Waals surface area contributed by atoms with E-state index in [1.807, 2.05) is 50.2 Å². The van der Waals surface area contributed by atoms with Gasteiger partial charge < -0.3 is 0 Å². The van der Waals surface area contributed by atoms with E-state index in [2.05, 4.69) is 20.9 Å². The molecular formula is C21H25BrN4O2. The second-order valence-electron chi connectivity index (χ2n) is 9.29. The van der Waals surface area contributed by atoms with Gasteiger partial charge in [0.2, 0.25) is 11.8 Å². The van der Waals surface area contributed by atoms with Crippen LogP contribution in [0.5, 0.6) is 0 Å². The molecule has 3 atom stereocenters. The summed E-state index contributed by atoms with van der Waals surface area (Å²) >= 11 is 3.49. The maximum Gasteiger partial charge on any atom is 0.235 e. The van der Waals surface area contributed by atoms with Gasteiger partial charge in [-0.15, -0.1) is 0 Å². The smallest absolute Gasteiger partial charge is 0.235 e. The van der Waals surface area contributed by atoms with Crippen LogP contribution in [-0.2, 0) is 9.59 Å². The van der Waals surface area contributed by atoms with Crippen LogP contribution in [0.25, 0.3) is 0 Å². The van der Waals surface area contributed by atoms with Crippen LogP contribution in [0.4, 0.5) is 5.69 Å². The number of hydrazone groups is 1. The molecule has 5 rings (SSSR count). The highest BCUT2D eigenvalue weighted by Crippen LogP contribution is 2.55. The predicted molar refractivity (Wildman–Crippen MR) is 111 cm³/mol.